The Morgan fingerprint density at radius 3 is 2.74 bits per heavy atom. The van der Waals surface area contributed by atoms with Gasteiger partial charge in [0, 0.05) is 30.9 Å². The minimum atomic E-state index is -0.0456. The zero-order valence-electron chi connectivity index (χ0n) is 13.4. The van der Waals surface area contributed by atoms with Crippen LogP contribution in [0.5, 0.6) is 0 Å². The highest BCUT2D eigenvalue weighted by atomic mass is 16.2. The van der Waals surface area contributed by atoms with Gasteiger partial charge in [-0.25, -0.2) is 0 Å². The number of carbonyl (C=O) groups excluding carboxylic acids is 2. The summed E-state index contributed by atoms with van der Waals surface area (Å²) in [5.74, 6) is 1.06. The summed E-state index contributed by atoms with van der Waals surface area (Å²) >= 11 is 0. The van der Waals surface area contributed by atoms with Crippen molar-refractivity contribution in [3.8, 4) is 0 Å². The Hall–Kier alpha value is -1.88. The van der Waals surface area contributed by atoms with Gasteiger partial charge in [0.1, 0.15) is 0 Å². The van der Waals surface area contributed by atoms with E-state index < -0.39 is 0 Å². The lowest BCUT2D eigenvalue weighted by atomic mass is 9.84. The van der Waals surface area contributed by atoms with E-state index >= 15 is 0 Å². The second-order valence-electron chi connectivity index (χ2n) is 7.19. The molecule has 0 aromatic heterocycles. The molecule has 1 aromatic rings. The molecule has 4 rings (SSSR count). The lowest BCUT2D eigenvalue weighted by Gasteiger charge is -2.27. The smallest absolute Gasteiger partial charge is 0.229 e. The molecule has 1 aromatic carbocycles. The zero-order chi connectivity index (χ0) is 16.1. The fraction of sp³-hybridized carbons (Fsp3) is 0.556. The van der Waals surface area contributed by atoms with Gasteiger partial charge in [0.15, 0.2) is 0 Å². The van der Waals surface area contributed by atoms with Gasteiger partial charge in [0.25, 0.3) is 0 Å². The third-order valence-electron chi connectivity index (χ3n) is 5.91. The molecule has 4 unspecified atom stereocenters. The minimum Gasteiger partial charge on any atom is -0.327 e. The molecule has 1 aliphatic heterocycles. The van der Waals surface area contributed by atoms with Crippen molar-refractivity contribution in [2.24, 2.45) is 23.5 Å². The lowest BCUT2D eigenvalue weighted by molar-refractivity contribution is -0.121. The second kappa shape index (κ2) is 5.34. The minimum absolute atomic E-state index is 0.0105. The van der Waals surface area contributed by atoms with Crippen molar-refractivity contribution in [2.45, 2.75) is 38.6 Å². The molecule has 2 fully saturated rings. The molecule has 3 aliphatic rings. The van der Waals surface area contributed by atoms with E-state index in [-0.39, 0.29) is 23.8 Å². The van der Waals surface area contributed by atoms with E-state index in [1.165, 1.54) is 6.42 Å². The van der Waals surface area contributed by atoms with E-state index in [4.69, 9.17) is 5.73 Å². The number of hydrogen-bond donors (Lipinski definition) is 2. The molecule has 23 heavy (non-hydrogen) atoms. The molecular weight excluding hydrogens is 290 g/mol. The highest BCUT2D eigenvalue weighted by Crippen LogP contribution is 2.48. The van der Waals surface area contributed by atoms with Gasteiger partial charge in [-0.1, -0.05) is 0 Å². The number of nitrogens with two attached hydrogens (primary N) is 1. The van der Waals surface area contributed by atoms with Crippen LogP contribution in [0.25, 0.3) is 0 Å². The Kier molecular flexibility index (Phi) is 3.41. The predicted octanol–water partition coefficient (Wildman–Crippen LogP) is 1.91. The number of hydrogen-bond acceptors (Lipinski definition) is 3. The molecule has 0 spiro atoms. The van der Waals surface area contributed by atoms with E-state index in [1.54, 1.807) is 11.8 Å². The van der Waals surface area contributed by atoms with Crippen LogP contribution in [0.3, 0.4) is 0 Å². The van der Waals surface area contributed by atoms with E-state index in [1.807, 2.05) is 18.2 Å². The van der Waals surface area contributed by atoms with Crippen LogP contribution in [0, 0.1) is 17.8 Å². The lowest BCUT2D eigenvalue weighted by Crippen LogP contribution is -2.42. The standard InChI is InChI=1S/C18H23N3O2/c1-10(22)21-7-6-11-9-14(4-5-15(11)21)20-18(23)16-12-2-3-13(8-12)17(16)19/h4-5,9,12-13,16-17H,2-3,6-8,19H2,1H3,(H,20,23). The summed E-state index contributed by atoms with van der Waals surface area (Å²) in [6, 6.07) is 5.82. The van der Waals surface area contributed by atoms with E-state index in [9.17, 15) is 9.59 Å². The molecule has 4 atom stereocenters. The molecule has 0 saturated heterocycles. The first kappa shape index (κ1) is 14.7. The molecule has 5 nitrogen and oxygen atoms in total. The summed E-state index contributed by atoms with van der Waals surface area (Å²) in [4.78, 5) is 26.0. The number of nitrogens with zero attached hydrogens (tertiary/aromatic N) is 1. The molecule has 0 radical (unpaired) electrons. The predicted molar refractivity (Wildman–Crippen MR) is 89.1 cm³/mol. The fourth-order valence-corrected chi connectivity index (χ4v) is 4.76. The maximum absolute atomic E-state index is 12.6. The van der Waals surface area contributed by atoms with Gasteiger partial charge in [-0.15, -0.1) is 0 Å². The molecule has 2 saturated carbocycles. The van der Waals surface area contributed by atoms with Crippen molar-refractivity contribution in [1.29, 1.82) is 0 Å². The molecule has 3 N–H and O–H groups in total. The number of nitrogens with one attached hydrogen (secondary N) is 1. The molecule has 2 amide bonds. The Morgan fingerprint density at radius 2 is 2.04 bits per heavy atom. The summed E-state index contributed by atoms with van der Waals surface area (Å²) in [5.41, 5.74) is 9.15. The third-order valence-corrected chi connectivity index (χ3v) is 5.91. The maximum Gasteiger partial charge on any atom is 0.229 e. The normalized spacial score (nSPS) is 31.3. The fourth-order valence-electron chi connectivity index (χ4n) is 4.76. The van der Waals surface area contributed by atoms with E-state index in [2.05, 4.69) is 5.32 Å². The molecule has 2 aliphatic carbocycles. The highest BCUT2D eigenvalue weighted by Gasteiger charge is 2.49. The van der Waals surface area contributed by atoms with Crippen LogP contribution < -0.4 is 16.0 Å². The average molecular weight is 313 g/mol. The first-order valence-electron chi connectivity index (χ1n) is 8.52. The van der Waals surface area contributed by atoms with Gasteiger partial charge in [-0.3, -0.25) is 9.59 Å². The quantitative estimate of drug-likeness (QED) is 0.875. The van der Waals surface area contributed by atoms with Crippen molar-refractivity contribution in [3.63, 3.8) is 0 Å². The number of anilines is 2. The van der Waals surface area contributed by atoms with Crippen molar-refractivity contribution in [3.05, 3.63) is 23.8 Å². The number of fused-ring (bicyclic) bond motifs is 3. The Labute approximate surface area is 136 Å². The van der Waals surface area contributed by atoms with Crippen molar-refractivity contribution >= 4 is 23.2 Å². The monoisotopic (exact) mass is 313 g/mol. The van der Waals surface area contributed by atoms with Crippen LogP contribution in [-0.2, 0) is 16.0 Å². The van der Waals surface area contributed by atoms with Crippen LogP contribution in [-0.4, -0.2) is 24.4 Å². The van der Waals surface area contributed by atoms with Crippen molar-refractivity contribution < 1.29 is 9.59 Å². The second-order valence-corrected chi connectivity index (χ2v) is 7.19. The van der Waals surface area contributed by atoms with Crippen LogP contribution >= 0.6 is 0 Å². The summed E-state index contributed by atoms with van der Waals surface area (Å²) in [6.45, 7) is 2.31. The van der Waals surface area contributed by atoms with Crippen LogP contribution in [0.4, 0.5) is 11.4 Å². The molecule has 122 valence electrons. The van der Waals surface area contributed by atoms with E-state index in [0.29, 0.717) is 11.8 Å². The maximum atomic E-state index is 12.6. The van der Waals surface area contributed by atoms with Crippen LogP contribution in [0.2, 0.25) is 0 Å². The zero-order valence-corrected chi connectivity index (χ0v) is 13.4. The molecular formula is C18H23N3O2. The van der Waals surface area contributed by atoms with E-state index in [0.717, 1.165) is 42.7 Å². The van der Waals surface area contributed by atoms with Gasteiger partial charge in [-0.2, -0.15) is 0 Å². The molecule has 5 heteroatoms. The van der Waals surface area contributed by atoms with Crippen LogP contribution in [0.15, 0.2) is 18.2 Å². The molecule has 1 heterocycles. The topological polar surface area (TPSA) is 75.4 Å². The Morgan fingerprint density at radius 1 is 1.26 bits per heavy atom. The average Bonchev–Trinajstić information content (AvgIpc) is 3.19. The van der Waals surface area contributed by atoms with Gasteiger partial charge in [-0.05, 0) is 61.3 Å². The van der Waals surface area contributed by atoms with Crippen LogP contribution in [0.1, 0.15) is 31.7 Å². The van der Waals surface area contributed by atoms with Gasteiger partial charge in [0.2, 0.25) is 11.8 Å². The highest BCUT2D eigenvalue weighted by molar-refractivity contribution is 5.96. The summed E-state index contributed by atoms with van der Waals surface area (Å²) in [7, 11) is 0. The van der Waals surface area contributed by atoms with Crippen molar-refractivity contribution in [1.82, 2.24) is 0 Å². The number of benzene rings is 1. The SMILES string of the molecule is CC(=O)N1CCc2cc(NC(=O)C3C4CCC(C4)C3N)ccc21. The van der Waals surface area contributed by atoms with Gasteiger partial charge >= 0.3 is 0 Å². The number of rotatable bonds is 2. The molecule has 2 bridgehead atoms. The first-order valence-corrected chi connectivity index (χ1v) is 8.52. The Bertz CT molecular complexity index is 670. The summed E-state index contributed by atoms with van der Waals surface area (Å²) in [6.07, 6.45) is 4.26. The number of amides is 2. The van der Waals surface area contributed by atoms with Crippen molar-refractivity contribution in [2.75, 3.05) is 16.8 Å². The largest absolute Gasteiger partial charge is 0.327 e. The Balaban J connectivity index is 1.50. The number of carbonyl (C=O) groups is 2. The summed E-state index contributed by atoms with van der Waals surface area (Å²) in [5, 5.41) is 3.05. The summed E-state index contributed by atoms with van der Waals surface area (Å²) < 4.78 is 0. The first-order chi connectivity index (χ1) is 11.0. The third kappa shape index (κ3) is 2.34. The van der Waals surface area contributed by atoms with Gasteiger partial charge in [0.05, 0.1) is 5.92 Å². The van der Waals surface area contributed by atoms with Gasteiger partial charge < -0.3 is 16.0 Å².